The Labute approximate surface area is 227 Å². The summed E-state index contributed by atoms with van der Waals surface area (Å²) in [4.78, 5) is 13.4. The number of nitrogens with zero attached hydrogens (tertiary/aromatic N) is 1. The average Bonchev–Trinajstić information content (AvgIpc) is 2.87. The molecule has 0 radical (unpaired) electrons. The summed E-state index contributed by atoms with van der Waals surface area (Å²) in [5.74, 6) is 1.17. The highest BCUT2D eigenvalue weighted by molar-refractivity contribution is 9.10. The van der Waals surface area contributed by atoms with Gasteiger partial charge in [0, 0.05) is 29.9 Å². The minimum atomic E-state index is -0.442. The van der Waals surface area contributed by atoms with Crippen LogP contribution in [-0.4, -0.2) is 12.4 Å². The summed E-state index contributed by atoms with van der Waals surface area (Å²) in [5, 5.41) is 13.5. The van der Waals surface area contributed by atoms with E-state index < -0.39 is 5.92 Å². The molecule has 1 heterocycles. The molecule has 2 atom stereocenters. The standard InChI is InChI=1S/C30H34BrN3O3/c1-4-7-19-11-25-29(26(35)12-19)28(23(16-33)18(3)34-25)22-13-24(31)30(27(14-22)36-5-2)37-17-21-9-6-8-20(10-21)15-32/h6,8-10,13-14,19,28,34H,4-5,7,11-12,15,17,32H2,1-3H3. The molecule has 1 aliphatic carbocycles. The predicted octanol–water partition coefficient (Wildman–Crippen LogP) is 6.40. The predicted molar refractivity (Wildman–Crippen MR) is 148 cm³/mol. The normalized spacial score (nSPS) is 19.3. The van der Waals surface area contributed by atoms with Gasteiger partial charge < -0.3 is 20.5 Å². The van der Waals surface area contributed by atoms with Crippen molar-refractivity contribution in [3.8, 4) is 17.6 Å². The van der Waals surface area contributed by atoms with Gasteiger partial charge in [0.05, 0.1) is 28.6 Å². The van der Waals surface area contributed by atoms with Gasteiger partial charge in [-0.1, -0.05) is 37.6 Å². The summed E-state index contributed by atoms with van der Waals surface area (Å²) in [5.41, 5.74) is 11.7. The molecule has 0 fully saturated rings. The Morgan fingerprint density at radius 1 is 1.16 bits per heavy atom. The number of benzene rings is 2. The fraction of sp³-hybridized carbons (Fsp3) is 0.400. The van der Waals surface area contributed by atoms with Crippen LogP contribution in [0.3, 0.4) is 0 Å². The Kier molecular flexibility index (Phi) is 8.73. The van der Waals surface area contributed by atoms with Crippen LogP contribution in [0.25, 0.3) is 0 Å². The van der Waals surface area contributed by atoms with Gasteiger partial charge in [-0.25, -0.2) is 0 Å². The van der Waals surface area contributed by atoms with Gasteiger partial charge in [0.2, 0.25) is 0 Å². The van der Waals surface area contributed by atoms with Crippen molar-refractivity contribution in [2.45, 2.75) is 65.5 Å². The number of Topliss-reactive ketones (excluding diaryl/α,β-unsaturated/α-hetero) is 1. The average molecular weight is 565 g/mol. The first-order valence-electron chi connectivity index (χ1n) is 12.9. The molecule has 7 heteroatoms. The number of ketones is 1. The largest absolute Gasteiger partial charge is 0.490 e. The number of rotatable bonds is 9. The van der Waals surface area contributed by atoms with Crippen molar-refractivity contribution in [1.29, 1.82) is 5.26 Å². The Morgan fingerprint density at radius 3 is 2.65 bits per heavy atom. The van der Waals surface area contributed by atoms with Gasteiger partial charge in [-0.05, 0) is 77.4 Å². The smallest absolute Gasteiger partial charge is 0.175 e. The maximum absolute atomic E-state index is 13.4. The summed E-state index contributed by atoms with van der Waals surface area (Å²) < 4.78 is 12.9. The van der Waals surface area contributed by atoms with Gasteiger partial charge in [0.15, 0.2) is 17.3 Å². The number of dihydropyridines is 1. The van der Waals surface area contributed by atoms with E-state index in [0.29, 0.717) is 59.2 Å². The van der Waals surface area contributed by atoms with Crippen LogP contribution in [0.5, 0.6) is 11.5 Å². The zero-order chi connectivity index (χ0) is 26.5. The van der Waals surface area contributed by atoms with E-state index in [-0.39, 0.29) is 5.78 Å². The van der Waals surface area contributed by atoms with Gasteiger partial charge in [-0.15, -0.1) is 0 Å². The van der Waals surface area contributed by atoms with Gasteiger partial charge >= 0.3 is 0 Å². The Balaban J connectivity index is 1.73. The fourth-order valence-corrected chi connectivity index (χ4v) is 5.95. The number of nitrogens with one attached hydrogen (secondary N) is 1. The molecule has 6 nitrogen and oxygen atoms in total. The number of nitriles is 1. The van der Waals surface area contributed by atoms with Crippen LogP contribution < -0.4 is 20.5 Å². The monoisotopic (exact) mass is 563 g/mol. The van der Waals surface area contributed by atoms with E-state index >= 15 is 0 Å². The number of hydrogen-bond donors (Lipinski definition) is 2. The number of ether oxygens (including phenoxy) is 2. The van der Waals surface area contributed by atoms with E-state index in [9.17, 15) is 10.1 Å². The summed E-state index contributed by atoms with van der Waals surface area (Å²) >= 11 is 3.69. The molecule has 1 aliphatic heterocycles. The van der Waals surface area contributed by atoms with E-state index in [1.54, 1.807) is 0 Å². The lowest BCUT2D eigenvalue weighted by Crippen LogP contribution is -2.34. The van der Waals surface area contributed by atoms with E-state index in [1.165, 1.54) is 0 Å². The second-order valence-corrected chi connectivity index (χ2v) is 10.5. The molecule has 194 valence electrons. The minimum Gasteiger partial charge on any atom is -0.490 e. The highest BCUT2D eigenvalue weighted by Crippen LogP contribution is 2.47. The number of hydrogen-bond acceptors (Lipinski definition) is 6. The van der Waals surface area contributed by atoms with Gasteiger partial charge in [-0.2, -0.15) is 5.26 Å². The lowest BCUT2D eigenvalue weighted by atomic mass is 9.72. The van der Waals surface area contributed by atoms with E-state index in [2.05, 4.69) is 34.2 Å². The molecular weight excluding hydrogens is 530 g/mol. The van der Waals surface area contributed by atoms with Crippen molar-refractivity contribution in [3.05, 3.63) is 80.1 Å². The molecule has 2 aromatic carbocycles. The molecule has 2 aliphatic rings. The summed E-state index contributed by atoms with van der Waals surface area (Å²) in [6, 6.07) is 14.2. The maximum Gasteiger partial charge on any atom is 0.175 e. The highest BCUT2D eigenvalue weighted by Gasteiger charge is 2.39. The van der Waals surface area contributed by atoms with Gasteiger partial charge in [-0.3, -0.25) is 4.79 Å². The van der Waals surface area contributed by atoms with Crippen LogP contribution in [0.1, 0.15) is 69.1 Å². The van der Waals surface area contributed by atoms with Crippen LogP contribution in [0.15, 0.2) is 63.4 Å². The molecular formula is C30H34BrN3O3. The lowest BCUT2D eigenvalue weighted by Gasteiger charge is -2.35. The molecule has 0 aromatic heterocycles. The van der Waals surface area contributed by atoms with Gasteiger partial charge in [0.25, 0.3) is 0 Å². The highest BCUT2D eigenvalue weighted by atomic mass is 79.9. The SMILES string of the molecule is CCCC1CC(=O)C2=C(C1)NC(C)=C(C#N)C2c1cc(Br)c(OCc2cccc(CN)c2)c(OCC)c1. The number of carbonyl (C=O) groups excluding carboxylic acids is 1. The zero-order valence-corrected chi connectivity index (χ0v) is 23.3. The van der Waals surface area contributed by atoms with Crippen molar-refractivity contribution in [2.75, 3.05) is 6.61 Å². The van der Waals surface area contributed by atoms with Crippen molar-refractivity contribution in [3.63, 3.8) is 0 Å². The Morgan fingerprint density at radius 2 is 1.95 bits per heavy atom. The first-order chi connectivity index (χ1) is 17.9. The molecule has 0 spiro atoms. The van der Waals surface area contributed by atoms with Crippen molar-refractivity contribution in [2.24, 2.45) is 11.7 Å². The van der Waals surface area contributed by atoms with Crippen LogP contribution >= 0.6 is 15.9 Å². The van der Waals surface area contributed by atoms with E-state index in [1.807, 2.05) is 50.2 Å². The summed E-state index contributed by atoms with van der Waals surface area (Å²) in [7, 11) is 0. The molecule has 2 unspecified atom stereocenters. The second kappa shape index (κ2) is 12.0. The van der Waals surface area contributed by atoms with Crippen molar-refractivity contribution < 1.29 is 14.3 Å². The first kappa shape index (κ1) is 27.0. The quantitative estimate of drug-likeness (QED) is 0.366. The molecule has 3 N–H and O–H groups in total. The Bertz CT molecular complexity index is 1290. The second-order valence-electron chi connectivity index (χ2n) is 9.66. The van der Waals surface area contributed by atoms with Crippen LogP contribution in [0, 0.1) is 17.2 Å². The number of allylic oxidation sites excluding steroid dienone is 4. The molecule has 0 saturated carbocycles. The minimum absolute atomic E-state index is 0.117. The molecule has 37 heavy (non-hydrogen) atoms. The Hall–Kier alpha value is -3.08. The van der Waals surface area contributed by atoms with Crippen molar-refractivity contribution >= 4 is 21.7 Å². The molecule has 0 saturated heterocycles. The third-order valence-electron chi connectivity index (χ3n) is 7.00. The number of nitrogens with two attached hydrogens (primary N) is 1. The molecule has 0 bridgehead atoms. The topological polar surface area (TPSA) is 97.4 Å². The van der Waals surface area contributed by atoms with Crippen LogP contribution in [-0.2, 0) is 17.9 Å². The van der Waals surface area contributed by atoms with Crippen LogP contribution in [0.4, 0.5) is 0 Å². The van der Waals surface area contributed by atoms with Crippen molar-refractivity contribution in [1.82, 2.24) is 5.32 Å². The molecule has 0 amide bonds. The molecule has 4 rings (SSSR count). The lowest BCUT2D eigenvalue weighted by molar-refractivity contribution is -0.117. The van der Waals surface area contributed by atoms with Crippen LogP contribution in [0.2, 0.25) is 0 Å². The third-order valence-corrected chi connectivity index (χ3v) is 7.59. The third kappa shape index (κ3) is 5.76. The molecule has 2 aromatic rings. The fourth-order valence-electron chi connectivity index (χ4n) is 5.37. The van der Waals surface area contributed by atoms with Gasteiger partial charge in [0.1, 0.15) is 6.61 Å². The number of carbonyl (C=O) groups is 1. The summed E-state index contributed by atoms with van der Waals surface area (Å²) in [6.45, 7) is 7.26. The maximum atomic E-state index is 13.4. The summed E-state index contributed by atoms with van der Waals surface area (Å²) in [6.07, 6.45) is 3.41. The van der Waals surface area contributed by atoms with E-state index in [4.69, 9.17) is 15.2 Å². The number of halogens is 1. The van der Waals surface area contributed by atoms with E-state index in [0.717, 1.165) is 47.3 Å². The zero-order valence-electron chi connectivity index (χ0n) is 21.7. The first-order valence-corrected chi connectivity index (χ1v) is 13.7.